The molecule has 0 atom stereocenters. The van der Waals surface area contributed by atoms with Crippen LogP contribution in [0.2, 0.25) is 5.02 Å². The molecular weight excluding hydrogens is 311 g/mol. The maximum atomic E-state index is 14.1. The van der Waals surface area contributed by atoms with Crippen molar-refractivity contribution in [1.29, 1.82) is 0 Å². The number of rotatable bonds is 0. The third-order valence-electron chi connectivity index (χ3n) is 4.50. The smallest absolute Gasteiger partial charge is 0.407 e. The zero-order valence-corrected chi connectivity index (χ0v) is 12.5. The van der Waals surface area contributed by atoms with Crippen molar-refractivity contribution < 1.29 is 19.0 Å². The number of ether oxygens (including phenoxy) is 1. The van der Waals surface area contributed by atoms with Crippen LogP contribution in [0.4, 0.5) is 9.18 Å². The highest BCUT2D eigenvalue weighted by Crippen LogP contribution is 2.42. The Bertz CT molecular complexity index is 802. The van der Waals surface area contributed by atoms with Crippen molar-refractivity contribution in [2.24, 2.45) is 0 Å². The van der Waals surface area contributed by atoms with Crippen LogP contribution < -0.4 is 4.74 Å². The highest BCUT2D eigenvalue weighted by atomic mass is 35.5. The van der Waals surface area contributed by atoms with Gasteiger partial charge >= 0.3 is 6.09 Å². The van der Waals surface area contributed by atoms with Crippen molar-refractivity contribution in [3.8, 4) is 5.75 Å². The van der Waals surface area contributed by atoms with Crippen molar-refractivity contribution in [1.82, 2.24) is 9.47 Å². The Kier molecular flexibility index (Phi) is 2.97. The lowest BCUT2D eigenvalue weighted by Crippen LogP contribution is -2.32. The molecule has 2 aliphatic rings. The standard InChI is InChI=1S/C15H14ClFN2O3/c16-13-9(17)7-11-14-12(13)8-1-3-18(15(20)21)4-2-10(8)19(14)5-6-22-11/h7H,1-6H2,(H,20,21). The van der Waals surface area contributed by atoms with Gasteiger partial charge in [0.1, 0.15) is 18.2 Å². The predicted molar refractivity (Wildman–Crippen MR) is 79.4 cm³/mol. The summed E-state index contributed by atoms with van der Waals surface area (Å²) in [7, 11) is 0. The third kappa shape index (κ3) is 1.80. The second-order valence-electron chi connectivity index (χ2n) is 5.59. The van der Waals surface area contributed by atoms with Gasteiger partial charge in [0.25, 0.3) is 0 Å². The van der Waals surface area contributed by atoms with E-state index in [0.717, 1.165) is 16.8 Å². The fourth-order valence-electron chi connectivity index (χ4n) is 3.53. The van der Waals surface area contributed by atoms with Crippen molar-refractivity contribution >= 4 is 28.6 Å². The quantitative estimate of drug-likeness (QED) is 0.810. The molecule has 3 heterocycles. The van der Waals surface area contributed by atoms with E-state index >= 15 is 0 Å². The molecule has 0 spiro atoms. The summed E-state index contributed by atoms with van der Waals surface area (Å²) in [6.45, 7) is 1.99. The molecule has 1 amide bonds. The molecule has 1 aromatic heterocycles. The maximum absolute atomic E-state index is 14.1. The molecule has 0 saturated heterocycles. The molecule has 4 rings (SSSR count). The highest BCUT2D eigenvalue weighted by molar-refractivity contribution is 6.36. The lowest BCUT2D eigenvalue weighted by molar-refractivity contribution is 0.147. The Labute approximate surface area is 130 Å². The molecule has 1 aromatic carbocycles. The lowest BCUT2D eigenvalue weighted by atomic mass is 10.1. The van der Waals surface area contributed by atoms with E-state index in [-0.39, 0.29) is 5.02 Å². The number of halogens is 2. The zero-order valence-electron chi connectivity index (χ0n) is 11.7. The van der Waals surface area contributed by atoms with Gasteiger partial charge in [0.2, 0.25) is 0 Å². The second kappa shape index (κ2) is 4.78. The van der Waals surface area contributed by atoms with Crippen molar-refractivity contribution in [3.05, 3.63) is 28.2 Å². The second-order valence-corrected chi connectivity index (χ2v) is 5.97. The van der Waals surface area contributed by atoms with Crippen molar-refractivity contribution in [2.75, 3.05) is 19.7 Å². The highest BCUT2D eigenvalue weighted by Gasteiger charge is 2.29. The molecule has 2 aliphatic heterocycles. The van der Waals surface area contributed by atoms with Crippen LogP contribution in [-0.2, 0) is 19.4 Å². The van der Waals surface area contributed by atoms with Crippen LogP contribution in [0.15, 0.2) is 6.07 Å². The van der Waals surface area contributed by atoms with Gasteiger partial charge in [-0.1, -0.05) is 11.6 Å². The van der Waals surface area contributed by atoms with Gasteiger partial charge in [-0.3, -0.25) is 0 Å². The van der Waals surface area contributed by atoms with E-state index in [4.69, 9.17) is 16.3 Å². The fourth-order valence-corrected chi connectivity index (χ4v) is 3.79. The number of benzene rings is 1. The summed E-state index contributed by atoms with van der Waals surface area (Å²) in [6, 6.07) is 1.34. The molecular formula is C15H14ClFN2O3. The van der Waals surface area contributed by atoms with Crippen LogP contribution in [0, 0.1) is 5.82 Å². The molecule has 7 heteroatoms. The molecule has 0 unspecified atom stereocenters. The zero-order chi connectivity index (χ0) is 15.4. The summed E-state index contributed by atoms with van der Waals surface area (Å²) in [5, 5.41) is 9.97. The molecule has 116 valence electrons. The first-order valence-corrected chi connectivity index (χ1v) is 7.58. The van der Waals surface area contributed by atoms with Crippen LogP contribution in [0.3, 0.4) is 0 Å². The van der Waals surface area contributed by atoms with E-state index in [9.17, 15) is 14.3 Å². The van der Waals surface area contributed by atoms with Crippen LogP contribution in [-0.4, -0.2) is 40.4 Å². The molecule has 0 saturated carbocycles. The Morgan fingerprint density at radius 2 is 2.09 bits per heavy atom. The average molecular weight is 325 g/mol. The summed E-state index contributed by atoms with van der Waals surface area (Å²) >= 11 is 6.21. The number of hydrogen-bond donors (Lipinski definition) is 1. The van der Waals surface area contributed by atoms with E-state index in [2.05, 4.69) is 4.57 Å². The predicted octanol–water partition coefficient (Wildman–Crippen LogP) is 2.90. The van der Waals surface area contributed by atoms with Gasteiger partial charge in [0.05, 0.1) is 17.1 Å². The van der Waals surface area contributed by atoms with Gasteiger partial charge in [-0.05, 0) is 12.0 Å². The maximum Gasteiger partial charge on any atom is 0.407 e. The minimum Gasteiger partial charge on any atom is -0.489 e. The Hall–Kier alpha value is -1.95. The monoisotopic (exact) mass is 324 g/mol. The first-order valence-electron chi connectivity index (χ1n) is 7.20. The number of amides is 1. The van der Waals surface area contributed by atoms with Gasteiger partial charge in [0.15, 0.2) is 0 Å². The normalized spacial score (nSPS) is 17.1. The van der Waals surface area contributed by atoms with Gasteiger partial charge in [-0.15, -0.1) is 0 Å². The minimum absolute atomic E-state index is 0.100. The SMILES string of the molecule is O=C(O)N1CCc2c(n3c4c(cc(F)c(Cl)c24)OCC3)CC1. The van der Waals surface area contributed by atoms with Gasteiger partial charge in [-0.25, -0.2) is 9.18 Å². The van der Waals surface area contributed by atoms with Crippen LogP contribution >= 0.6 is 11.6 Å². The van der Waals surface area contributed by atoms with E-state index in [1.807, 2.05) is 0 Å². The molecule has 0 aliphatic carbocycles. The van der Waals surface area contributed by atoms with Crippen LogP contribution in [0.5, 0.6) is 5.75 Å². The van der Waals surface area contributed by atoms with E-state index in [1.54, 1.807) is 0 Å². The average Bonchev–Trinajstić information content (AvgIpc) is 2.66. The van der Waals surface area contributed by atoms with Gasteiger partial charge in [0, 0.05) is 36.7 Å². The Balaban J connectivity index is 1.96. The molecule has 0 bridgehead atoms. The fraction of sp³-hybridized carbons (Fsp3) is 0.400. The molecule has 1 N–H and O–H groups in total. The first kappa shape index (κ1) is 13.7. The minimum atomic E-state index is -0.922. The van der Waals surface area contributed by atoms with E-state index in [1.165, 1.54) is 11.0 Å². The summed E-state index contributed by atoms with van der Waals surface area (Å²) in [5.41, 5.74) is 2.84. The number of aromatic nitrogens is 1. The summed E-state index contributed by atoms with van der Waals surface area (Å²) in [6.07, 6.45) is 0.218. The molecule has 0 radical (unpaired) electrons. The largest absolute Gasteiger partial charge is 0.489 e. The summed E-state index contributed by atoms with van der Waals surface area (Å²) < 4.78 is 21.8. The van der Waals surface area contributed by atoms with Gasteiger partial charge in [-0.2, -0.15) is 0 Å². The molecule has 22 heavy (non-hydrogen) atoms. The lowest BCUT2D eigenvalue weighted by Gasteiger charge is -2.20. The van der Waals surface area contributed by atoms with Crippen LogP contribution in [0.25, 0.3) is 10.9 Å². The summed E-state index contributed by atoms with van der Waals surface area (Å²) in [5.74, 6) is 0.0247. The first-order chi connectivity index (χ1) is 10.6. The third-order valence-corrected chi connectivity index (χ3v) is 4.87. The number of carbonyl (C=O) groups is 1. The topological polar surface area (TPSA) is 54.7 Å². The van der Waals surface area contributed by atoms with Crippen molar-refractivity contribution in [2.45, 2.75) is 19.4 Å². The molecule has 0 fully saturated rings. The molecule has 2 aromatic rings. The van der Waals surface area contributed by atoms with E-state index < -0.39 is 11.9 Å². The number of nitrogens with zero attached hydrogens (tertiary/aromatic N) is 2. The number of carboxylic acid groups (broad SMARTS) is 1. The van der Waals surface area contributed by atoms with Gasteiger partial charge < -0.3 is 19.3 Å². The Morgan fingerprint density at radius 3 is 2.86 bits per heavy atom. The number of hydrogen-bond acceptors (Lipinski definition) is 2. The van der Waals surface area contributed by atoms with E-state index in [0.29, 0.717) is 50.2 Å². The van der Waals surface area contributed by atoms with Crippen LogP contribution in [0.1, 0.15) is 11.3 Å². The Morgan fingerprint density at radius 1 is 1.32 bits per heavy atom. The van der Waals surface area contributed by atoms with Crippen molar-refractivity contribution in [3.63, 3.8) is 0 Å². The summed E-state index contributed by atoms with van der Waals surface area (Å²) in [4.78, 5) is 12.6. The number of fused-ring (bicyclic) bond motifs is 3. The molecule has 5 nitrogen and oxygen atoms in total.